The molecular formula is C27H27F7N2O3. The molecule has 39 heavy (non-hydrogen) atoms. The predicted octanol–water partition coefficient (Wildman–Crippen LogP) is 5.56. The minimum absolute atomic E-state index is 0.0625. The first kappa shape index (κ1) is 28.9. The second-order valence-electron chi connectivity index (χ2n) is 9.71. The summed E-state index contributed by atoms with van der Waals surface area (Å²) in [7, 11) is 1.43. The highest BCUT2D eigenvalue weighted by molar-refractivity contribution is 5.95. The van der Waals surface area contributed by atoms with Crippen LogP contribution in [-0.4, -0.2) is 48.3 Å². The van der Waals surface area contributed by atoms with Crippen LogP contribution in [0, 0.1) is 5.82 Å². The summed E-state index contributed by atoms with van der Waals surface area (Å²) in [6, 6.07) is 6.90. The number of halogens is 7. The van der Waals surface area contributed by atoms with E-state index in [0.717, 1.165) is 0 Å². The summed E-state index contributed by atoms with van der Waals surface area (Å²) in [6.07, 6.45) is -12.2. The van der Waals surface area contributed by atoms with Crippen LogP contribution < -0.4 is 5.32 Å². The number of hydrogen-bond acceptors (Lipinski definition) is 4. The fraction of sp³-hybridized carbons (Fsp3) is 0.444. The number of carbonyl (C=O) groups excluding carboxylic acids is 1. The van der Waals surface area contributed by atoms with Crippen LogP contribution >= 0.6 is 0 Å². The number of nitrogens with one attached hydrogen (secondary N) is 1. The molecule has 4 atom stereocenters. The van der Waals surface area contributed by atoms with Gasteiger partial charge in [0.2, 0.25) is 0 Å². The van der Waals surface area contributed by atoms with Gasteiger partial charge in [-0.25, -0.2) is 4.39 Å². The number of nitrogens with zero attached hydrogens (tertiary/aromatic N) is 1. The monoisotopic (exact) mass is 560 g/mol. The SMILES string of the molecule is CNC(=O)C1=C(N2C[C@H](O[C@H](C)c3cc(C(F)(F)F)cc(C(F)(F)F)c3)[C@@H](c3ccc(F)cc3)C2)CCC1O. The normalized spacial score (nSPS) is 22.9. The van der Waals surface area contributed by atoms with Crippen molar-refractivity contribution < 1.29 is 45.4 Å². The molecule has 5 nitrogen and oxygen atoms in total. The third-order valence-corrected chi connectivity index (χ3v) is 7.17. The van der Waals surface area contributed by atoms with Gasteiger partial charge in [0.05, 0.1) is 35.0 Å². The van der Waals surface area contributed by atoms with Gasteiger partial charge in [-0.2, -0.15) is 26.3 Å². The maximum absolute atomic E-state index is 13.6. The summed E-state index contributed by atoms with van der Waals surface area (Å²) in [5.74, 6) is -1.38. The van der Waals surface area contributed by atoms with Gasteiger partial charge in [-0.3, -0.25) is 4.79 Å². The van der Waals surface area contributed by atoms with Gasteiger partial charge in [-0.05, 0) is 61.2 Å². The first-order valence-corrected chi connectivity index (χ1v) is 12.3. The van der Waals surface area contributed by atoms with Gasteiger partial charge in [0.1, 0.15) is 5.82 Å². The molecule has 2 aromatic carbocycles. The molecule has 1 amide bonds. The number of amides is 1. The minimum atomic E-state index is -5.00. The van der Waals surface area contributed by atoms with E-state index in [9.17, 15) is 40.6 Å². The van der Waals surface area contributed by atoms with Gasteiger partial charge in [0.25, 0.3) is 5.91 Å². The Hall–Kier alpha value is -3.12. The second-order valence-corrected chi connectivity index (χ2v) is 9.71. The Morgan fingerprint density at radius 2 is 1.62 bits per heavy atom. The van der Waals surface area contributed by atoms with Gasteiger partial charge < -0.3 is 20.1 Å². The Kier molecular flexibility index (Phi) is 8.00. The highest BCUT2D eigenvalue weighted by Crippen LogP contribution is 2.41. The lowest BCUT2D eigenvalue weighted by Gasteiger charge is -2.25. The average molecular weight is 561 g/mol. The molecule has 2 aromatic rings. The maximum atomic E-state index is 13.6. The van der Waals surface area contributed by atoms with Crippen LogP contribution in [0.4, 0.5) is 30.7 Å². The number of aliphatic hydroxyl groups excluding tert-OH is 1. The van der Waals surface area contributed by atoms with E-state index in [4.69, 9.17) is 4.74 Å². The van der Waals surface area contributed by atoms with Crippen molar-refractivity contribution in [3.05, 3.63) is 81.8 Å². The van der Waals surface area contributed by atoms with Gasteiger partial charge in [-0.1, -0.05) is 12.1 Å². The molecule has 1 unspecified atom stereocenters. The summed E-state index contributed by atoms with van der Waals surface area (Å²) in [5.41, 5.74) is -1.73. The van der Waals surface area contributed by atoms with Crippen molar-refractivity contribution in [2.45, 2.75) is 56.3 Å². The van der Waals surface area contributed by atoms with Gasteiger partial charge in [0, 0.05) is 31.8 Å². The third kappa shape index (κ3) is 6.22. The Balaban J connectivity index is 1.68. The molecule has 0 bridgehead atoms. The van der Waals surface area contributed by atoms with E-state index in [1.165, 1.54) is 38.2 Å². The third-order valence-electron chi connectivity index (χ3n) is 7.17. The second kappa shape index (κ2) is 10.8. The molecule has 12 heteroatoms. The molecule has 1 saturated heterocycles. The zero-order chi connectivity index (χ0) is 28.7. The number of ether oxygens (including phenoxy) is 1. The van der Waals surface area contributed by atoms with Crippen LogP contribution in [0.5, 0.6) is 0 Å². The van der Waals surface area contributed by atoms with Crippen LogP contribution in [0.2, 0.25) is 0 Å². The quantitative estimate of drug-likeness (QED) is 0.454. The Morgan fingerprint density at radius 1 is 1.03 bits per heavy atom. The van der Waals surface area contributed by atoms with E-state index in [1.807, 2.05) is 4.90 Å². The molecule has 4 rings (SSSR count). The number of alkyl halides is 6. The van der Waals surface area contributed by atoms with Gasteiger partial charge in [-0.15, -0.1) is 0 Å². The first-order chi connectivity index (χ1) is 18.2. The van der Waals surface area contributed by atoms with E-state index in [0.29, 0.717) is 36.2 Å². The molecule has 0 radical (unpaired) electrons. The van der Waals surface area contributed by atoms with Crippen molar-refractivity contribution in [2.24, 2.45) is 0 Å². The lowest BCUT2D eigenvalue weighted by Crippen LogP contribution is -2.30. The highest BCUT2D eigenvalue weighted by atomic mass is 19.4. The molecule has 0 spiro atoms. The van der Waals surface area contributed by atoms with Gasteiger partial charge >= 0.3 is 12.4 Å². The van der Waals surface area contributed by atoms with E-state index in [1.54, 1.807) is 0 Å². The Bertz CT molecular complexity index is 1210. The number of rotatable bonds is 6. The van der Waals surface area contributed by atoms with Crippen molar-refractivity contribution in [1.29, 1.82) is 0 Å². The van der Waals surface area contributed by atoms with E-state index >= 15 is 0 Å². The topological polar surface area (TPSA) is 61.8 Å². The molecule has 1 aliphatic heterocycles. The fourth-order valence-corrected chi connectivity index (χ4v) is 5.21. The van der Waals surface area contributed by atoms with Crippen LogP contribution in [0.3, 0.4) is 0 Å². The van der Waals surface area contributed by atoms with E-state index in [2.05, 4.69) is 5.32 Å². The van der Waals surface area contributed by atoms with Crippen molar-refractivity contribution in [3.8, 4) is 0 Å². The van der Waals surface area contributed by atoms with E-state index < -0.39 is 59.4 Å². The summed E-state index contributed by atoms with van der Waals surface area (Å²) in [4.78, 5) is 14.3. The zero-order valence-electron chi connectivity index (χ0n) is 21.0. The number of likely N-dealkylation sites (tertiary alicyclic amines) is 1. The van der Waals surface area contributed by atoms with Crippen molar-refractivity contribution in [2.75, 3.05) is 20.1 Å². The standard InChI is InChI=1S/C27H27F7N2O3/c1-14(16-9-17(26(29,30)31)11-18(10-16)27(32,33)34)39-23-13-36(12-20(23)15-3-5-19(28)6-4-15)21-7-8-22(37)24(21)25(38)35-2/h3-6,9-11,14,20,22-23,37H,7-8,12-13H2,1-2H3,(H,35,38)/t14-,20-,22?,23+/m1/s1. The summed E-state index contributed by atoms with van der Waals surface area (Å²) in [6.45, 7) is 1.80. The molecule has 2 aliphatic rings. The van der Waals surface area contributed by atoms with Crippen LogP contribution in [0.15, 0.2) is 53.7 Å². The fourth-order valence-electron chi connectivity index (χ4n) is 5.21. The molecule has 0 aromatic heterocycles. The van der Waals surface area contributed by atoms with Crippen LogP contribution in [-0.2, 0) is 21.9 Å². The summed E-state index contributed by atoms with van der Waals surface area (Å²) >= 11 is 0. The predicted molar refractivity (Wildman–Crippen MR) is 127 cm³/mol. The lowest BCUT2D eigenvalue weighted by atomic mass is 9.95. The molecule has 1 aliphatic carbocycles. The highest BCUT2D eigenvalue weighted by Gasteiger charge is 2.42. The molecule has 1 fully saturated rings. The number of allylic oxidation sites excluding steroid dienone is 1. The largest absolute Gasteiger partial charge is 0.416 e. The smallest absolute Gasteiger partial charge is 0.388 e. The van der Waals surface area contributed by atoms with E-state index in [-0.39, 0.29) is 30.3 Å². The summed E-state index contributed by atoms with van der Waals surface area (Å²) < 4.78 is 100. The maximum Gasteiger partial charge on any atom is 0.416 e. The Labute approximate surface area is 220 Å². The van der Waals surface area contributed by atoms with Gasteiger partial charge in [0.15, 0.2) is 0 Å². The van der Waals surface area contributed by atoms with Crippen molar-refractivity contribution in [1.82, 2.24) is 10.2 Å². The first-order valence-electron chi connectivity index (χ1n) is 12.3. The number of aliphatic hydroxyl groups is 1. The Morgan fingerprint density at radius 3 is 2.15 bits per heavy atom. The van der Waals surface area contributed by atoms with Crippen LogP contribution in [0.1, 0.15) is 54.0 Å². The molecular weight excluding hydrogens is 533 g/mol. The molecule has 2 N–H and O–H groups in total. The minimum Gasteiger partial charge on any atom is -0.388 e. The summed E-state index contributed by atoms with van der Waals surface area (Å²) in [5, 5.41) is 12.9. The van der Waals surface area contributed by atoms with Crippen molar-refractivity contribution >= 4 is 5.91 Å². The van der Waals surface area contributed by atoms with Crippen LogP contribution in [0.25, 0.3) is 0 Å². The number of hydrogen-bond donors (Lipinski definition) is 2. The zero-order valence-corrected chi connectivity index (χ0v) is 21.0. The lowest BCUT2D eigenvalue weighted by molar-refractivity contribution is -0.143. The molecule has 1 heterocycles. The average Bonchev–Trinajstić information content (AvgIpc) is 3.46. The molecule has 0 saturated carbocycles. The number of benzene rings is 2. The number of likely N-dealkylation sites (N-methyl/N-ethyl adjacent to an activating group) is 1. The molecule has 212 valence electrons. The van der Waals surface area contributed by atoms with Crippen molar-refractivity contribution in [3.63, 3.8) is 0 Å². The number of carbonyl (C=O) groups is 1.